The van der Waals surface area contributed by atoms with Crippen LogP contribution in [0.25, 0.3) is 11.1 Å². The van der Waals surface area contributed by atoms with Gasteiger partial charge in [-0.15, -0.1) is 0 Å². The van der Waals surface area contributed by atoms with Gasteiger partial charge in [0.05, 0.1) is 12.1 Å². The van der Waals surface area contributed by atoms with Crippen molar-refractivity contribution in [2.75, 3.05) is 19.6 Å². The molecule has 5 rings (SSSR count). The van der Waals surface area contributed by atoms with Crippen molar-refractivity contribution in [1.29, 1.82) is 0 Å². The summed E-state index contributed by atoms with van der Waals surface area (Å²) < 4.78 is 0. The first kappa shape index (κ1) is 21.1. The number of hydrogen-bond acceptors (Lipinski definition) is 3. The first-order chi connectivity index (χ1) is 15.5. The minimum absolute atomic E-state index is 0.181. The number of aliphatic hydroxyl groups is 1. The second kappa shape index (κ2) is 8.65. The molecule has 3 atom stereocenters. The van der Waals surface area contributed by atoms with Crippen LogP contribution in [0.15, 0.2) is 78.9 Å². The maximum absolute atomic E-state index is 13.1. The summed E-state index contributed by atoms with van der Waals surface area (Å²) in [6.07, 6.45) is 2.39. The summed E-state index contributed by atoms with van der Waals surface area (Å²) in [6, 6.07) is 26.6. The number of nitrogens with zero attached hydrogens (tertiary/aromatic N) is 1. The molecule has 0 amide bonds. The van der Waals surface area contributed by atoms with Crippen molar-refractivity contribution in [2.24, 2.45) is 11.8 Å². The van der Waals surface area contributed by atoms with Gasteiger partial charge >= 0.3 is 0 Å². The lowest BCUT2D eigenvalue weighted by molar-refractivity contribution is 0.0355. The van der Waals surface area contributed by atoms with Crippen molar-refractivity contribution >= 4 is 5.78 Å². The van der Waals surface area contributed by atoms with Gasteiger partial charge in [0.2, 0.25) is 0 Å². The molecule has 3 aromatic rings. The van der Waals surface area contributed by atoms with E-state index in [1.54, 1.807) is 0 Å². The predicted octanol–water partition coefficient (Wildman–Crippen LogP) is 5.16. The summed E-state index contributed by atoms with van der Waals surface area (Å²) in [6.45, 7) is 4.38. The van der Waals surface area contributed by atoms with Gasteiger partial charge in [0.25, 0.3) is 0 Å². The van der Waals surface area contributed by atoms with Gasteiger partial charge in [-0.25, -0.2) is 0 Å². The first-order valence-corrected chi connectivity index (χ1v) is 11.7. The smallest absolute Gasteiger partial charge is 0.176 e. The number of likely N-dealkylation sites (tertiary alicyclic amines) is 1. The van der Waals surface area contributed by atoms with Crippen molar-refractivity contribution in [3.8, 4) is 11.1 Å². The molecule has 1 heterocycles. The average molecular weight is 426 g/mol. The van der Waals surface area contributed by atoms with Crippen LogP contribution in [0, 0.1) is 18.8 Å². The lowest BCUT2D eigenvalue weighted by Crippen LogP contribution is -2.34. The largest absolute Gasteiger partial charge is 0.390 e. The van der Waals surface area contributed by atoms with Crippen molar-refractivity contribution in [3.63, 3.8) is 0 Å². The van der Waals surface area contributed by atoms with Gasteiger partial charge in [-0.3, -0.25) is 9.69 Å². The van der Waals surface area contributed by atoms with Crippen molar-refractivity contribution < 1.29 is 9.90 Å². The summed E-state index contributed by atoms with van der Waals surface area (Å²) in [7, 11) is 0. The third-order valence-electron chi connectivity index (χ3n) is 7.32. The number of aryl methyl sites for hydroxylation is 1. The van der Waals surface area contributed by atoms with Crippen LogP contribution in [0.5, 0.6) is 0 Å². The number of rotatable bonds is 6. The molecule has 3 aromatic carbocycles. The number of hydrogen-bond donors (Lipinski definition) is 1. The molecule has 1 aliphatic heterocycles. The van der Waals surface area contributed by atoms with E-state index < -0.39 is 5.60 Å². The van der Waals surface area contributed by atoms with Crippen LogP contribution < -0.4 is 0 Å². The van der Waals surface area contributed by atoms with E-state index in [1.165, 1.54) is 16.7 Å². The van der Waals surface area contributed by atoms with E-state index in [4.69, 9.17) is 0 Å². The van der Waals surface area contributed by atoms with Crippen LogP contribution in [0.1, 0.15) is 34.3 Å². The van der Waals surface area contributed by atoms with E-state index >= 15 is 0 Å². The van der Waals surface area contributed by atoms with Gasteiger partial charge in [0.1, 0.15) is 0 Å². The summed E-state index contributed by atoms with van der Waals surface area (Å²) in [5.74, 6) is 1.14. The molecule has 0 unspecified atom stereocenters. The number of ketones is 1. The first-order valence-electron chi connectivity index (χ1n) is 11.7. The minimum Gasteiger partial charge on any atom is -0.390 e. The minimum atomic E-state index is -0.603. The Morgan fingerprint density at radius 3 is 2.34 bits per heavy atom. The summed E-state index contributed by atoms with van der Waals surface area (Å²) in [4.78, 5) is 15.4. The Morgan fingerprint density at radius 2 is 1.62 bits per heavy atom. The molecule has 164 valence electrons. The Labute approximate surface area is 190 Å². The summed E-state index contributed by atoms with van der Waals surface area (Å²) in [5.41, 5.74) is 4.87. The van der Waals surface area contributed by atoms with Gasteiger partial charge in [0, 0.05) is 25.1 Å². The van der Waals surface area contributed by atoms with Crippen LogP contribution in [0.4, 0.5) is 0 Å². The fraction of sp³-hybridized carbons (Fsp3) is 0.345. The zero-order chi connectivity index (χ0) is 22.1. The number of carbonyl (C=O) groups excluding carboxylic acids is 1. The fourth-order valence-corrected chi connectivity index (χ4v) is 5.86. The predicted molar refractivity (Wildman–Crippen MR) is 129 cm³/mol. The van der Waals surface area contributed by atoms with Crippen molar-refractivity contribution in [3.05, 3.63) is 95.6 Å². The molecule has 3 heteroatoms. The number of Topliss-reactive ketones (excluding diaryl/α,β-unsaturated/α-hetero) is 1. The van der Waals surface area contributed by atoms with Crippen molar-refractivity contribution in [2.45, 2.75) is 31.8 Å². The Morgan fingerprint density at radius 1 is 0.938 bits per heavy atom. The van der Waals surface area contributed by atoms with Crippen LogP contribution in [0.2, 0.25) is 0 Å². The molecule has 1 aliphatic carbocycles. The zero-order valence-electron chi connectivity index (χ0n) is 18.7. The van der Waals surface area contributed by atoms with Gasteiger partial charge in [-0.2, -0.15) is 0 Å². The fourth-order valence-electron chi connectivity index (χ4n) is 5.86. The van der Waals surface area contributed by atoms with Crippen LogP contribution in [-0.4, -0.2) is 41.0 Å². The highest BCUT2D eigenvalue weighted by Crippen LogP contribution is 2.45. The van der Waals surface area contributed by atoms with Crippen LogP contribution in [0.3, 0.4) is 0 Å². The Balaban J connectivity index is 1.21. The summed E-state index contributed by atoms with van der Waals surface area (Å²) >= 11 is 0. The molecule has 0 spiro atoms. The topological polar surface area (TPSA) is 40.5 Å². The maximum Gasteiger partial charge on any atom is 0.176 e. The monoisotopic (exact) mass is 425 g/mol. The normalized spacial score (nSPS) is 25.1. The zero-order valence-corrected chi connectivity index (χ0v) is 18.7. The SMILES string of the molecule is Cc1ccccc1-c1cccc(C(=O)CN2C[C@@H]3C[C@@](O)(Cc4ccccc4)C[C@@H]3C2)c1. The van der Waals surface area contributed by atoms with Gasteiger partial charge < -0.3 is 5.11 Å². The molecule has 0 radical (unpaired) electrons. The number of fused-ring (bicyclic) bond motifs is 1. The molecule has 32 heavy (non-hydrogen) atoms. The van der Waals surface area contributed by atoms with Gasteiger partial charge in [0.15, 0.2) is 5.78 Å². The van der Waals surface area contributed by atoms with Crippen LogP contribution in [-0.2, 0) is 6.42 Å². The Bertz CT molecular complexity index is 1090. The standard InChI is InChI=1S/C29H31NO2/c1-21-8-5-6-13-27(21)23-11-7-12-24(14-23)28(31)20-30-18-25-16-29(32,17-26(25)19-30)15-22-9-3-2-4-10-22/h2-14,25-26,32H,15-20H2,1H3/t25-,26+,29-. The van der Waals surface area contributed by atoms with E-state index in [1.807, 2.05) is 48.5 Å². The van der Waals surface area contributed by atoms with E-state index in [0.29, 0.717) is 18.4 Å². The highest BCUT2D eigenvalue weighted by molar-refractivity contribution is 5.98. The van der Waals surface area contributed by atoms with E-state index in [2.05, 4.69) is 42.2 Å². The molecule has 0 aromatic heterocycles. The number of carbonyl (C=O) groups is 1. The molecular formula is C29H31NO2. The van der Waals surface area contributed by atoms with Gasteiger partial charge in [-0.1, -0.05) is 72.8 Å². The second-order valence-corrected chi connectivity index (χ2v) is 9.83. The van der Waals surface area contributed by atoms with E-state index in [0.717, 1.165) is 43.5 Å². The molecular weight excluding hydrogens is 394 g/mol. The molecule has 2 fully saturated rings. The summed E-state index contributed by atoms with van der Waals surface area (Å²) in [5, 5.41) is 11.2. The third-order valence-corrected chi connectivity index (χ3v) is 7.32. The van der Waals surface area contributed by atoms with Gasteiger partial charge in [-0.05, 0) is 59.9 Å². The molecule has 0 bridgehead atoms. The molecule has 1 saturated heterocycles. The Hall–Kier alpha value is -2.75. The number of benzene rings is 3. The quantitative estimate of drug-likeness (QED) is 0.555. The molecule has 1 N–H and O–H groups in total. The highest BCUT2D eigenvalue weighted by atomic mass is 16.3. The Kier molecular flexibility index (Phi) is 5.71. The molecule has 2 aliphatic rings. The van der Waals surface area contributed by atoms with E-state index in [-0.39, 0.29) is 5.78 Å². The van der Waals surface area contributed by atoms with Crippen LogP contribution >= 0.6 is 0 Å². The average Bonchev–Trinajstić information content (AvgIpc) is 3.28. The highest BCUT2D eigenvalue weighted by Gasteiger charge is 2.48. The van der Waals surface area contributed by atoms with E-state index in [9.17, 15) is 9.90 Å². The lowest BCUT2D eigenvalue weighted by Gasteiger charge is -2.26. The van der Waals surface area contributed by atoms with Crippen molar-refractivity contribution in [1.82, 2.24) is 4.90 Å². The maximum atomic E-state index is 13.1. The third kappa shape index (κ3) is 4.41. The lowest BCUT2D eigenvalue weighted by atomic mass is 9.91. The molecule has 1 saturated carbocycles. The molecule has 3 nitrogen and oxygen atoms in total. The second-order valence-electron chi connectivity index (χ2n) is 9.83.